The molecule has 2 rings (SSSR count). The van der Waals surface area contributed by atoms with Crippen molar-refractivity contribution in [2.75, 3.05) is 20.2 Å². The Morgan fingerprint density at radius 3 is 2.38 bits per heavy atom. The van der Waals surface area contributed by atoms with Gasteiger partial charge in [-0.3, -0.25) is 4.79 Å². The van der Waals surface area contributed by atoms with Gasteiger partial charge in [-0.15, -0.1) is 0 Å². The van der Waals surface area contributed by atoms with Gasteiger partial charge in [-0.25, -0.2) is 4.39 Å². The Morgan fingerprint density at radius 2 is 1.76 bits per heavy atom. The summed E-state index contributed by atoms with van der Waals surface area (Å²) in [4.78, 5) is 11.8. The third kappa shape index (κ3) is 4.68. The van der Waals surface area contributed by atoms with E-state index in [4.69, 9.17) is 4.74 Å². The Labute approximate surface area is 123 Å². The van der Waals surface area contributed by atoms with E-state index >= 15 is 0 Å². The predicted octanol–water partition coefficient (Wildman–Crippen LogP) is 2.85. The zero-order valence-electron chi connectivity index (χ0n) is 11.9. The van der Waals surface area contributed by atoms with E-state index in [0.717, 1.165) is 12.2 Å². The van der Waals surface area contributed by atoms with E-state index in [9.17, 15) is 9.18 Å². The standard InChI is InChI=1S/C17H18FNO2/c1-21-16-8-2-13(3-9-16)10-11-19-12-17(20)14-4-6-15(18)7-5-14/h2-9,19H,10-12H2,1H3. The lowest BCUT2D eigenvalue weighted by molar-refractivity contribution is 0.0991. The highest BCUT2D eigenvalue weighted by molar-refractivity contribution is 5.97. The molecule has 2 aromatic carbocycles. The average molecular weight is 287 g/mol. The number of Topliss-reactive ketones (excluding diaryl/α,β-unsaturated/α-hetero) is 1. The molecule has 21 heavy (non-hydrogen) atoms. The highest BCUT2D eigenvalue weighted by Crippen LogP contribution is 2.11. The predicted molar refractivity (Wildman–Crippen MR) is 80.3 cm³/mol. The molecule has 0 spiro atoms. The molecule has 0 saturated carbocycles. The van der Waals surface area contributed by atoms with Gasteiger partial charge < -0.3 is 10.1 Å². The third-order valence-electron chi connectivity index (χ3n) is 3.20. The number of carbonyl (C=O) groups excluding carboxylic acids is 1. The van der Waals surface area contributed by atoms with Gasteiger partial charge in [-0.1, -0.05) is 12.1 Å². The van der Waals surface area contributed by atoms with E-state index in [0.29, 0.717) is 12.1 Å². The normalized spacial score (nSPS) is 10.4. The Hall–Kier alpha value is -2.20. The number of halogens is 1. The Kier molecular flexibility index (Phi) is 5.46. The lowest BCUT2D eigenvalue weighted by Gasteiger charge is -2.06. The number of carbonyl (C=O) groups is 1. The van der Waals surface area contributed by atoms with Crippen LogP contribution in [0, 0.1) is 5.82 Å². The number of methoxy groups -OCH3 is 1. The molecule has 0 aliphatic carbocycles. The van der Waals surface area contributed by atoms with Gasteiger partial charge >= 0.3 is 0 Å². The molecule has 0 amide bonds. The quantitative estimate of drug-likeness (QED) is 0.628. The van der Waals surface area contributed by atoms with Crippen LogP contribution in [0.4, 0.5) is 4.39 Å². The molecule has 0 heterocycles. The van der Waals surface area contributed by atoms with Crippen molar-refractivity contribution in [3.63, 3.8) is 0 Å². The van der Waals surface area contributed by atoms with Crippen molar-refractivity contribution in [3.05, 3.63) is 65.5 Å². The molecule has 0 saturated heterocycles. The monoisotopic (exact) mass is 287 g/mol. The van der Waals surface area contributed by atoms with Gasteiger partial charge in [-0.2, -0.15) is 0 Å². The summed E-state index contributed by atoms with van der Waals surface area (Å²) >= 11 is 0. The summed E-state index contributed by atoms with van der Waals surface area (Å²) in [7, 11) is 1.64. The number of rotatable bonds is 7. The van der Waals surface area contributed by atoms with Crippen molar-refractivity contribution in [3.8, 4) is 5.75 Å². The highest BCUT2D eigenvalue weighted by atomic mass is 19.1. The van der Waals surface area contributed by atoms with Crippen LogP contribution in [0.5, 0.6) is 5.75 Å². The number of hydrogen-bond donors (Lipinski definition) is 1. The highest BCUT2D eigenvalue weighted by Gasteiger charge is 2.05. The Balaban J connectivity index is 1.73. The summed E-state index contributed by atoms with van der Waals surface area (Å²) < 4.78 is 17.9. The fourth-order valence-electron chi connectivity index (χ4n) is 1.96. The molecule has 1 N–H and O–H groups in total. The van der Waals surface area contributed by atoms with Crippen LogP contribution < -0.4 is 10.1 Å². The number of benzene rings is 2. The van der Waals surface area contributed by atoms with E-state index in [-0.39, 0.29) is 18.1 Å². The summed E-state index contributed by atoms with van der Waals surface area (Å²) in [5, 5.41) is 3.10. The Bertz CT molecular complexity index is 579. The van der Waals surface area contributed by atoms with Crippen LogP contribution >= 0.6 is 0 Å². The van der Waals surface area contributed by atoms with Gasteiger partial charge in [-0.05, 0) is 54.9 Å². The van der Waals surface area contributed by atoms with Gasteiger partial charge in [0, 0.05) is 5.56 Å². The van der Waals surface area contributed by atoms with Crippen molar-refractivity contribution >= 4 is 5.78 Å². The van der Waals surface area contributed by atoms with E-state index < -0.39 is 0 Å². The van der Waals surface area contributed by atoms with Crippen molar-refractivity contribution in [1.82, 2.24) is 5.32 Å². The molecule has 110 valence electrons. The molecule has 0 aliphatic rings. The largest absolute Gasteiger partial charge is 0.497 e. The van der Waals surface area contributed by atoms with Gasteiger partial charge in [0.25, 0.3) is 0 Å². The summed E-state index contributed by atoms with van der Waals surface area (Å²) in [5.74, 6) is 0.460. The molecule has 3 nitrogen and oxygen atoms in total. The molecule has 0 aromatic heterocycles. The van der Waals surface area contributed by atoms with Crippen LogP contribution in [0.25, 0.3) is 0 Å². The van der Waals surface area contributed by atoms with Gasteiger partial charge in [0.05, 0.1) is 13.7 Å². The molecule has 0 fully saturated rings. The number of ether oxygens (including phenoxy) is 1. The molecule has 0 unspecified atom stereocenters. The van der Waals surface area contributed by atoms with Crippen LogP contribution in [-0.2, 0) is 6.42 Å². The maximum absolute atomic E-state index is 12.8. The molecule has 0 aliphatic heterocycles. The number of ketones is 1. The summed E-state index contributed by atoms with van der Waals surface area (Å²) in [5.41, 5.74) is 1.70. The maximum Gasteiger partial charge on any atom is 0.176 e. The van der Waals surface area contributed by atoms with E-state index in [1.807, 2.05) is 24.3 Å². The molecule has 0 atom stereocenters. The Morgan fingerprint density at radius 1 is 1.10 bits per heavy atom. The fraction of sp³-hybridized carbons (Fsp3) is 0.235. The van der Waals surface area contributed by atoms with Gasteiger partial charge in [0.1, 0.15) is 11.6 Å². The molecular formula is C17H18FNO2. The first kappa shape index (κ1) is 15.2. The second-order valence-electron chi connectivity index (χ2n) is 4.70. The second-order valence-corrected chi connectivity index (χ2v) is 4.70. The summed E-state index contributed by atoms with van der Waals surface area (Å²) in [6, 6.07) is 13.4. The second kappa shape index (κ2) is 7.55. The summed E-state index contributed by atoms with van der Waals surface area (Å²) in [6.07, 6.45) is 0.834. The van der Waals surface area contributed by atoms with Gasteiger partial charge in [0.2, 0.25) is 0 Å². The first-order valence-corrected chi connectivity index (χ1v) is 6.81. The van der Waals surface area contributed by atoms with Crippen LogP contribution in [0.2, 0.25) is 0 Å². The zero-order chi connectivity index (χ0) is 15.1. The first-order valence-electron chi connectivity index (χ1n) is 6.81. The lowest BCUT2D eigenvalue weighted by Crippen LogP contribution is -2.25. The minimum atomic E-state index is -0.334. The van der Waals surface area contributed by atoms with Crippen molar-refractivity contribution in [2.45, 2.75) is 6.42 Å². The number of hydrogen-bond acceptors (Lipinski definition) is 3. The third-order valence-corrected chi connectivity index (χ3v) is 3.20. The number of nitrogens with one attached hydrogen (secondary N) is 1. The average Bonchev–Trinajstić information content (AvgIpc) is 2.52. The lowest BCUT2D eigenvalue weighted by atomic mass is 10.1. The SMILES string of the molecule is COc1ccc(CCNCC(=O)c2ccc(F)cc2)cc1. The molecule has 0 radical (unpaired) electrons. The van der Waals surface area contributed by atoms with E-state index in [2.05, 4.69) is 5.32 Å². The van der Waals surface area contributed by atoms with Crippen LogP contribution in [-0.4, -0.2) is 26.0 Å². The van der Waals surface area contributed by atoms with Crippen molar-refractivity contribution < 1.29 is 13.9 Å². The zero-order valence-corrected chi connectivity index (χ0v) is 11.9. The molecule has 2 aromatic rings. The van der Waals surface area contributed by atoms with Crippen molar-refractivity contribution in [1.29, 1.82) is 0 Å². The molecule has 4 heteroatoms. The van der Waals surface area contributed by atoms with Crippen molar-refractivity contribution in [2.24, 2.45) is 0 Å². The van der Waals surface area contributed by atoms with Crippen LogP contribution in [0.3, 0.4) is 0 Å². The minimum Gasteiger partial charge on any atom is -0.497 e. The maximum atomic E-state index is 12.8. The van der Waals surface area contributed by atoms with E-state index in [1.54, 1.807) is 7.11 Å². The van der Waals surface area contributed by atoms with Gasteiger partial charge in [0.15, 0.2) is 5.78 Å². The van der Waals surface area contributed by atoms with E-state index in [1.165, 1.54) is 29.8 Å². The minimum absolute atomic E-state index is 0.0373. The molecule has 0 bridgehead atoms. The first-order chi connectivity index (χ1) is 10.2. The van der Waals surface area contributed by atoms with Crippen LogP contribution in [0.15, 0.2) is 48.5 Å². The van der Waals surface area contributed by atoms with Crippen LogP contribution in [0.1, 0.15) is 15.9 Å². The molecular weight excluding hydrogens is 269 g/mol. The smallest absolute Gasteiger partial charge is 0.176 e. The fourth-order valence-corrected chi connectivity index (χ4v) is 1.96. The summed E-state index contributed by atoms with van der Waals surface area (Å²) in [6.45, 7) is 0.959. The topological polar surface area (TPSA) is 38.3 Å².